The highest BCUT2D eigenvalue weighted by atomic mass is 32.2. The molecule has 0 saturated carbocycles. The number of rotatable bonds is 5. The maximum atomic E-state index is 11.3. The first-order valence-electron chi connectivity index (χ1n) is 34.5. The van der Waals surface area contributed by atoms with Crippen molar-refractivity contribution in [3.8, 4) is 29.7 Å². The number of anilines is 13. The summed E-state index contributed by atoms with van der Waals surface area (Å²) in [6.07, 6.45) is 4.24. The fourth-order valence-corrected chi connectivity index (χ4v) is 17.8. The van der Waals surface area contributed by atoms with Crippen LogP contribution in [0.4, 0.5) is 73.9 Å². The van der Waals surface area contributed by atoms with Crippen LogP contribution in [0.15, 0.2) is 170 Å². The molecule has 6 aliphatic heterocycles. The van der Waals surface area contributed by atoms with Crippen LogP contribution in [0.2, 0.25) is 0 Å². The summed E-state index contributed by atoms with van der Waals surface area (Å²) in [5, 5.41) is 33.3. The Bertz CT molecular complexity index is 5260. The lowest BCUT2D eigenvalue weighted by atomic mass is 9.29. The van der Waals surface area contributed by atoms with Gasteiger partial charge in [0.2, 0.25) is 0 Å². The summed E-state index contributed by atoms with van der Waals surface area (Å²) >= 11 is 3.26. The summed E-state index contributed by atoms with van der Waals surface area (Å²) in [5.41, 5.74) is 30.4. The molecule has 6 aliphatic rings. The third kappa shape index (κ3) is 9.87. The zero-order valence-electron chi connectivity index (χ0n) is 59.7. The van der Waals surface area contributed by atoms with Gasteiger partial charge in [-0.1, -0.05) is 177 Å². The standard InChI is InChI=1S/C85H79B3N8OS2/c1-81(2,3)52-18-26-57(27-19-52)92-66-32-24-55(84(10,11)12)40-60(66)86-62-42-63-69(44-68(62)94(59-30-22-54(23-31-59)83(7,8)9)72-35-49(46-89)34-71(92)78(72)86)95(98-16)75-38-51(48-91)39-77-80(75)88(63)65-43-64-70(45-76(65)97-77)96(99-17)74-37-50(47-90)36-73-79(74)87(64)61-41-56(85(13,14)15)25-33-67(61)93(73)58-28-20-53(21-29-58)82(4,5)6/h18-45H,1-17H3. The first-order chi connectivity index (χ1) is 47.0. The van der Waals surface area contributed by atoms with E-state index in [1.165, 1.54) is 38.7 Å². The van der Waals surface area contributed by atoms with Gasteiger partial charge in [0, 0.05) is 75.5 Å². The Kier molecular flexibility index (Phi) is 14.4. The van der Waals surface area contributed by atoms with Crippen LogP contribution in [0.25, 0.3) is 0 Å². The monoisotopic (exact) mass is 1320 g/mol. The van der Waals surface area contributed by atoms with Gasteiger partial charge in [0.1, 0.15) is 11.5 Å². The maximum Gasteiger partial charge on any atom is 0.256 e. The second-order valence-corrected chi connectivity index (χ2v) is 34.3. The molecule has 0 aliphatic carbocycles. The van der Waals surface area contributed by atoms with E-state index >= 15 is 0 Å². The molecule has 0 fully saturated rings. The summed E-state index contributed by atoms with van der Waals surface area (Å²) in [6.45, 7) is 33.2. The lowest BCUT2D eigenvalue weighted by Crippen LogP contribution is -2.66. The second-order valence-electron chi connectivity index (χ2n) is 32.8. The predicted octanol–water partition coefficient (Wildman–Crippen LogP) is 16.3. The minimum Gasteiger partial charge on any atom is -0.458 e. The highest BCUT2D eigenvalue weighted by Crippen LogP contribution is 2.51. The van der Waals surface area contributed by atoms with Gasteiger partial charge < -0.3 is 19.4 Å². The average Bonchev–Trinajstić information content (AvgIpc) is 0.695. The van der Waals surface area contributed by atoms with E-state index < -0.39 is 0 Å². The molecule has 16 rings (SSSR count). The van der Waals surface area contributed by atoms with Gasteiger partial charge in [0.15, 0.2) is 0 Å². The zero-order valence-corrected chi connectivity index (χ0v) is 61.3. The van der Waals surface area contributed by atoms with Gasteiger partial charge in [-0.3, -0.25) is 8.61 Å². The topological polar surface area (TPSA) is 96.8 Å². The van der Waals surface area contributed by atoms with Crippen molar-refractivity contribution in [3.63, 3.8) is 0 Å². The SMILES string of the molecule is CSN1c2cc3c(cc2B2c4cc5c(cc4Oc4cc(C#N)cc1c42)N(SC)c1cc(C#N)cc2c1B5c1cc(C(C)(C)C)ccc1N2c1ccc(C(C)(C)C)cc1)B1c2cc(C(C)(C)C)ccc2N(c2ccc(C(C)(C)C)cc2)c2cc(C#N)cc(c21)N3c1ccc(C(C)(C)C)cc1. The van der Waals surface area contributed by atoms with E-state index in [1.807, 2.05) is 12.1 Å². The Hall–Kier alpha value is -9.64. The Morgan fingerprint density at radius 1 is 0.293 bits per heavy atom. The second kappa shape index (κ2) is 22.2. The van der Waals surface area contributed by atoms with Crippen molar-refractivity contribution in [2.24, 2.45) is 0 Å². The fraction of sp³-hybridized carbons (Fsp3) is 0.259. The van der Waals surface area contributed by atoms with Gasteiger partial charge in [-0.25, -0.2) is 0 Å². The number of fused-ring (bicyclic) bond motifs is 12. The molecule has 0 amide bonds. The van der Waals surface area contributed by atoms with Crippen molar-refractivity contribution in [1.82, 2.24) is 0 Å². The molecule has 6 heterocycles. The van der Waals surface area contributed by atoms with Crippen LogP contribution in [-0.4, -0.2) is 32.6 Å². The summed E-state index contributed by atoms with van der Waals surface area (Å²) in [7, 11) is 0. The van der Waals surface area contributed by atoms with Crippen LogP contribution in [0.5, 0.6) is 11.5 Å². The van der Waals surface area contributed by atoms with E-state index in [-0.39, 0.29) is 47.2 Å². The maximum absolute atomic E-state index is 11.3. The Labute approximate surface area is 594 Å². The zero-order chi connectivity index (χ0) is 69.6. The normalized spacial score (nSPS) is 14.5. The summed E-state index contributed by atoms with van der Waals surface area (Å²) in [6, 6.07) is 71.1. The first-order valence-corrected chi connectivity index (χ1v) is 36.8. The summed E-state index contributed by atoms with van der Waals surface area (Å²) < 4.78 is 12.0. The Balaban J connectivity index is 0.986. The van der Waals surface area contributed by atoms with Crippen molar-refractivity contribution < 1.29 is 4.74 Å². The van der Waals surface area contributed by atoms with E-state index in [0.29, 0.717) is 22.4 Å². The van der Waals surface area contributed by atoms with E-state index in [0.717, 1.165) is 118 Å². The third-order valence-electron chi connectivity index (χ3n) is 21.5. The largest absolute Gasteiger partial charge is 0.458 e. The first kappa shape index (κ1) is 64.1. The third-order valence-corrected chi connectivity index (χ3v) is 23.0. The van der Waals surface area contributed by atoms with E-state index in [2.05, 4.69) is 316 Å². The van der Waals surface area contributed by atoms with Gasteiger partial charge in [0.25, 0.3) is 20.1 Å². The minimum absolute atomic E-state index is 0.0436. The molecule has 486 valence electrons. The lowest BCUT2D eigenvalue weighted by Gasteiger charge is -2.46. The molecule has 0 unspecified atom stereocenters. The van der Waals surface area contributed by atoms with Gasteiger partial charge in [0.05, 0.1) is 52.0 Å². The highest BCUT2D eigenvalue weighted by Gasteiger charge is 2.51. The number of ether oxygens (including phenoxy) is 1. The van der Waals surface area contributed by atoms with Crippen molar-refractivity contribution >= 4 is 167 Å². The molecular formula is C85H79B3N8OS2. The van der Waals surface area contributed by atoms with Gasteiger partial charge in [-0.05, 0) is 219 Å². The number of nitrogens with zero attached hydrogens (tertiary/aromatic N) is 8. The van der Waals surface area contributed by atoms with Crippen LogP contribution in [-0.2, 0) is 27.1 Å². The molecule has 0 saturated heterocycles. The predicted molar refractivity (Wildman–Crippen MR) is 423 cm³/mol. The van der Waals surface area contributed by atoms with Crippen LogP contribution in [0.1, 0.15) is 148 Å². The van der Waals surface area contributed by atoms with Crippen molar-refractivity contribution in [3.05, 3.63) is 214 Å². The average molecular weight is 1330 g/mol. The molecule has 0 atom stereocenters. The Morgan fingerprint density at radius 3 is 1.00 bits per heavy atom. The molecule has 99 heavy (non-hydrogen) atoms. The van der Waals surface area contributed by atoms with E-state index in [1.54, 1.807) is 23.9 Å². The summed E-state index contributed by atoms with van der Waals surface area (Å²) in [5.74, 6) is 1.37. The molecule has 9 nitrogen and oxygen atoms in total. The number of hydrogen-bond acceptors (Lipinski definition) is 11. The van der Waals surface area contributed by atoms with Crippen molar-refractivity contribution in [1.29, 1.82) is 15.8 Å². The van der Waals surface area contributed by atoms with Crippen LogP contribution in [0, 0.1) is 34.0 Å². The molecule has 0 bridgehead atoms. The molecular weight excluding hydrogens is 1250 g/mol. The van der Waals surface area contributed by atoms with Gasteiger partial charge in [-0.15, -0.1) is 0 Å². The van der Waals surface area contributed by atoms with E-state index in [4.69, 9.17) is 4.74 Å². The molecule has 10 aromatic rings. The highest BCUT2D eigenvalue weighted by molar-refractivity contribution is 8.00. The molecule has 0 spiro atoms. The molecule has 0 aromatic heterocycles. The number of benzene rings is 10. The van der Waals surface area contributed by atoms with Gasteiger partial charge >= 0.3 is 0 Å². The van der Waals surface area contributed by atoms with Crippen LogP contribution in [0.3, 0.4) is 0 Å². The van der Waals surface area contributed by atoms with Crippen LogP contribution >= 0.6 is 23.9 Å². The molecule has 0 radical (unpaired) electrons. The molecule has 0 N–H and O–H groups in total. The smallest absolute Gasteiger partial charge is 0.256 e. The van der Waals surface area contributed by atoms with Gasteiger partial charge in [-0.2, -0.15) is 15.8 Å². The minimum atomic E-state index is -0.366. The number of nitriles is 3. The molecule has 10 aromatic carbocycles. The summed E-state index contributed by atoms with van der Waals surface area (Å²) in [4.78, 5) is 7.23. The van der Waals surface area contributed by atoms with Crippen molar-refractivity contribution in [2.45, 2.75) is 131 Å². The number of hydrogen-bond donors (Lipinski definition) is 0. The fourth-order valence-electron chi connectivity index (χ4n) is 16.4. The van der Waals surface area contributed by atoms with E-state index in [9.17, 15) is 15.8 Å². The van der Waals surface area contributed by atoms with Crippen LogP contribution < -0.4 is 77.2 Å². The van der Waals surface area contributed by atoms with Crippen molar-refractivity contribution in [2.75, 3.05) is 35.8 Å². The molecule has 14 heteroatoms. The lowest BCUT2D eigenvalue weighted by molar-refractivity contribution is 0.487. The Morgan fingerprint density at radius 2 is 0.606 bits per heavy atom. The quantitative estimate of drug-likeness (QED) is 0.122.